The van der Waals surface area contributed by atoms with Gasteiger partial charge >= 0.3 is 0 Å². The van der Waals surface area contributed by atoms with E-state index in [2.05, 4.69) is 31.0 Å². The van der Waals surface area contributed by atoms with E-state index in [1.54, 1.807) is 0 Å². The van der Waals surface area contributed by atoms with Crippen molar-refractivity contribution in [3.63, 3.8) is 0 Å². The summed E-state index contributed by atoms with van der Waals surface area (Å²) < 4.78 is 0. The standard InChI is InChI=1S/C15H25ClN2/c1-4-5-6-9-18(3)15-8-7-13(10-12(2)17)11-14(15)16/h7-8,11-12H,4-6,9-10,17H2,1-3H3. The van der Waals surface area contributed by atoms with Gasteiger partial charge in [-0.1, -0.05) is 37.4 Å². The quantitative estimate of drug-likeness (QED) is 0.761. The maximum Gasteiger partial charge on any atom is 0.0642 e. The summed E-state index contributed by atoms with van der Waals surface area (Å²) in [4.78, 5) is 2.23. The Labute approximate surface area is 116 Å². The van der Waals surface area contributed by atoms with Crippen LogP contribution in [-0.2, 0) is 6.42 Å². The number of anilines is 1. The molecule has 3 heteroatoms. The molecule has 1 aromatic carbocycles. The van der Waals surface area contributed by atoms with E-state index in [0.29, 0.717) is 0 Å². The van der Waals surface area contributed by atoms with E-state index >= 15 is 0 Å². The lowest BCUT2D eigenvalue weighted by atomic mass is 10.1. The molecule has 0 saturated carbocycles. The second-order valence-corrected chi connectivity index (χ2v) is 5.50. The molecule has 0 heterocycles. The zero-order chi connectivity index (χ0) is 13.5. The third kappa shape index (κ3) is 4.87. The number of rotatable bonds is 7. The first-order valence-electron chi connectivity index (χ1n) is 6.79. The number of unbranched alkanes of at least 4 members (excludes halogenated alkanes) is 2. The molecule has 1 aromatic rings. The summed E-state index contributed by atoms with van der Waals surface area (Å²) in [7, 11) is 2.10. The van der Waals surface area contributed by atoms with Crippen LogP contribution in [0.2, 0.25) is 5.02 Å². The highest BCUT2D eigenvalue weighted by Crippen LogP contribution is 2.26. The first kappa shape index (κ1) is 15.3. The van der Waals surface area contributed by atoms with Crippen LogP contribution < -0.4 is 10.6 Å². The van der Waals surface area contributed by atoms with Gasteiger partial charge in [-0.3, -0.25) is 0 Å². The van der Waals surface area contributed by atoms with Crippen LogP contribution >= 0.6 is 11.6 Å². The Kier molecular flexibility index (Phi) is 6.51. The highest BCUT2D eigenvalue weighted by Gasteiger charge is 2.07. The normalized spacial score (nSPS) is 12.5. The van der Waals surface area contributed by atoms with Gasteiger partial charge in [-0.15, -0.1) is 0 Å². The van der Waals surface area contributed by atoms with Crippen LogP contribution in [-0.4, -0.2) is 19.6 Å². The second kappa shape index (κ2) is 7.65. The van der Waals surface area contributed by atoms with E-state index in [4.69, 9.17) is 17.3 Å². The van der Waals surface area contributed by atoms with Gasteiger partial charge in [-0.05, 0) is 37.5 Å². The summed E-state index contributed by atoms with van der Waals surface area (Å²) in [6.45, 7) is 5.29. The van der Waals surface area contributed by atoms with Gasteiger partial charge in [-0.25, -0.2) is 0 Å². The van der Waals surface area contributed by atoms with Crippen molar-refractivity contribution in [1.29, 1.82) is 0 Å². The third-order valence-electron chi connectivity index (χ3n) is 3.08. The molecule has 0 radical (unpaired) electrons. The van der Waals surface area contributed by atoms with Gasteiger partial charge in [0, 0.05) is 19.6 Å². The molecular formula is C15H25ClN2. The van der Waals surface area contributed by atoms with Crippen LogP contribution in [0.5, 0.6) is 0 Å². The van der Waals surface area contributed by atoms with Gasteiger partial charge in [0.2, 0.25) is 0 Å². The van der Waals surface area contributed by atoms with E-state index < -0.39 is 0 Å². The van der Waals surface area contributed by atoms with Crippen molar-refractivity contribution in [2.45, 2.75) is 45.6 Å². The van der Waals surface area contributed by atoms with Gasteiger partial charge in [0.1, 0.15) is 0 Å². The Morgan fingerprint density at radius 3 is 2.61 bits per heavy atom. The van der Waals surface area contributed by atoms with Crippen LogP contribution in [0.4, 0.5) is 5.69 Å². The van der Waals surface area contributed by atoms with Gasteiger partial charge < -0.3 is 10.6 Å². The molecule has 2 nitrogen and oxygen atoms in total. The van der Waals surface area contributed by atoms with Crippen molar-refractivity contribution in [2.24, 2.45) is 5.73 Å². The van der Waals surface area contributed by atoms with Crippen LogP contribution in [0.1, 0.15) is 38.7 Å². The fourth-order valence-corrected chi connectivity index (χ4v) is 2.43. The van der Waals surface area contributed by atoms with Crippen molar-refractivity contribution < 1.29 is 0 Å². The summed E-state index contributed by atoms with van der Waals surface area (Å²) in [5.74, 6) is 0. The van der Waals surface area contributed by atoms with Crippen LogP contribution in [0.25, 0.3) is 0 Å². The maximum atomic E-state index is 6.34. The van der Waals surface area contributed by atoms with E-state index in [9.17, 15) is 0 Å². The SMILES string of the molecule is CCCCCN(C)c1ccc(CC(C)N)cc1Cl. The lowest BCUT2D eigenvalue weighted by molar-refractivity contribution is 0.705. The average molecular weight is 269 g/mol. The van der Waals surface area contributed by atoms with Crippen molar-refractivity contribution in [1.82, 2.24) is 0 Å². The summed E-state index contributed by atoms with van der Waals surface area (Å²) in [6, 6.07) is 6.44. The van der Waals surface area contributed by atoms with E-state index in [0.717, 1.165) is 23.7 Å². The minimum atomic E-state index is 0.175. The largest absolute Gasteiger partial charge is 0.373 e. The molecule has 0 saturated heterocycles. The van der Waals surface area contributed by atoms with Gasteiger partial charge in [-0.2, -0.15) is 0 Å². The van der Waals surface area contributed by atoms with Crippen LogP contribution in [0.15, 0.2) is 18.2 Å². The molecule has 18 heavy (non-hydrogen) atoms. The molecular weight excluding hydrogens is 244 g/mol. The molecule has 0 aliphatic heterocycles. The van der Waals surface area contributed by atoms with Gasteiger partial charge in [0.05, 0.1) is 10.7 Å². The molecule has 0 aromatic heterocycles. The Morgan fingerprint density at radius 1 is 1.33 bits per heavy atom. The summed E-state index contributed by atoms with van der Waals surface area (Å²) >= 11 is 6.34. The monoisotopic (exact) mass is 268 g/mol. The first-order chi connectivity index (χ1) is 8.54. The highest BCUT2D eigenvalue weighted by atomic mass is 35.5. The first-order valence-corrected chi connectivity index (χ1v) is 7.17. The van der Waals surface area contributed by atoms with Crippen molar-refractivity contribution in [3.8, 4) is 0 Å². The summed E-state index contributed by atoms with van der Waals surface area (Å²) in [5.41, 5.74) is 8.12. The molecule has 102 valence electrons. The minimum Gasteiger partial charge on any atom is -0.373 e. The van der Waals surface area contributed by atoms with Gasteiger partial charge in [0.25, 0.3) is 0 Å². The molecule has 0 amide bonds. The fourth-order valence-electron chi connectivity index (χ4n) is 2.08. The fraction of sp³-hybridized carbons (Fsp3) is 0.600. The van der Waals surface area contributed by atoms with E-state index in [-0.39, 0.29) is 6.04 Å². The predicted octanol–water partition coefficient (Wildman–Crippen LogP) is 3.86. The predicted molar refractivity (Wildman–Crippen MR) is 81.6 cm³/mol. The highest BCUT2D eigenvalue weighted by molar-refractivity contribution is 6.33. The maximum absolute atomic E-state index is 6.34. The van der Waals surface area contributed by atoms with Crippen LogP contribution in [0.3, 0.4) is 0 Å². The van der Waals surface area contributed by atoms with E-state index in [1.165, 1.54) is 24.8 Å². The number of benzene rings is 1. The third-order valence-corrected chi connectivity index (χ3v) is 3.38. The molecule has 0 bridgehead atoms. The van der Waals surface area contributed by atoms with Crippen molar-refractivity contribution in [2.75, 3.05) is 18.5 Å². The minimum absolute atomic E-state index is 0.175. The topological polar surface area (TPSA) is 29.3 Å². The lowest BCUT2D eigenvalue weighted by Crippen LogP contribution is -2.20. The molecule has 1 rings (SSSR count). The summed E-state index contributed by atoms with van der Waals surface area (Å²) in [5, 5.41) is 0.826. The van der Waals surface area contributed by atoms with E-state index in [1.807, 2.05) is 13.0 Å². The Balaban J connectivity index is 2.66. The lowest BCUT2D eigenvalue weighted by Gasteiger charge is -2.21. The Hall–Kier alpha value is -0.730. The van der Waals surface area contributed by atoms with Crippen molar-refractivity contribution >= 4 is 17.3 Å². The number of halogens is 1. The van der Waals surface area contributed by atoms with Gasteiger partial charge in [0.15, 0.2) is 0 Å². The molecule has 1 atom stereocenters. The average Bonchev–Trinajstić information content (AvgIpc) is 2.28. The molecule has 1 unspecified atom stereocenters. The van der Waals surface area contributed by atoms with Crippen LogP contribution in [0, 0.1) is 0 Å². The number of hydrogen-bond acceptors (Lipinski definition) is 2. The molecule has 2 N–H and O–H groups in total. The smallest absolute Gasteiger partial charge is 0.0642 e. The summed E-state index contributed by atoms with van der Waals surface area (Å²) in [6.07, 6.45) is 4.60. The van der Waals surface area contributed by atoms with Crippen molar-refractivity contribution in [3.05, 3.63) is 28.8 Å². The zero-order valence-electron chi connectivity index (χ0n) is 11.7. The second-order valence-electron chi connectivity index (χ2n) is 5.10. The molecule has 0 aliphatic rings. The zero-order valence-corrected chi connectivity index (χ0v) is 12.5. The number of nitrogens with two attached hydrogens (primary N) is 1. The molecule has 0 fully saturated rings. The molecule has 0 aliphatic carbocycles. The Morgan fingerprint density at radius 2 is 2.06 bits per heavy atom. The molecule has 0 spiro atoms. The number of hydrogen-bond donors (Lipinski definition) is 1. The number of nitrogens with zero attached hydrogens (tertiary/aromatic N) is 1. The Bertz CT molecular complexity index is 364.